The van der Waals surface area contributed by atoms with Crippen LogP contribution in [0, 0.1) is 13.8 Å². The lowest BCUT2D eigenvalue weighted by Gasteiger charge is -2.24. The van der Waals surface area contributed by atoms with Crippen LogP contribution in [0.4, 0.5) is 11.4 Å². The van der Waals surface area contributed by atoms with Crippen LogP contribution >= 0.6 is 23.2 Å². The van der Waals surface area contributed by atoms with Gasteiger partial charge in [0.1, 0.15) is 6.54 Å². The minimum Gasteiger partial charge on any atom is -0.322 e. The average molecular weight is 463 g/mol. The summed E-state index contributed by atoms with van der Waals surface area (Å²) in [5.41, 5.74) is 2.30. The number of sulfonamides is 1. The van der Waals surface area contributed by atoms with Gasteiger partial charge in [0.25, 0.3) is 10.0 Å². The summed E-state index contributed by atoms with van der Waals surface area (Å²) in [5.74, 6) is -0.566. The summed E-state index contributed by atoms with van der Waals surface area (Å²) in [5, 5.41) is 3.22. The van der Waals surface area contributed by atoms with E-state index in [1.165, 1.54) is 12.1 Å². The Morgan fingerprint density at radius 1 is 0.933 bits per heavy atom. The van der Waals surface area contributed by atoms with E-state index in [0.717, 1.165) is 15.4 Å². The number of carbonyl (C=O) groups is 1. The number of halogens is 2. The number of para-hydroxylation sites is 1. The molecule has 1 amide bonds. The van der Waals surface area contributed by atoms with Crippen molar-refractivity contribution < 1.29 is 13.2 Å². The first kappa shape index (κ1) is 22.2. The first-order valence-corrected chi connectivity index (χ1v) is 11.3. The topological polar surface area (TPSA) is 66.5 Å². The lowest BCUT2D eigenvalue weighted by Crippen LogP contribution is -2.38. The number of amides is 1. The van der Waals surface area contributed by atoms with Crippen LogP contribution in [-0.2, 0) is 14.8 Å². The number of hydrogen-bond donors (Lipinski definition) is 1. The van der Waals surface area contributed by atoms with Crippen LogP contribution in [-0.4, -0.2) is 20.9 Å². The van der Waals surface area contributed by atoms with Gasteiger partial charge in [0.05, 0.1) is 26.3 Å². The molecular weight excluding hydrogens is 443 g/mol. The van der Waals surface area contributed by atoms with Gasteiger partial charge < -0.3 is 5.32 Å². The fraction of sp³-hybridized carbons (Fsp3) is 0.136. The Morgan fingerprint density at radius 2 is 1.57 bits per heavy atom. The van der Waals surface area contributed by atoms with Gasteiger partial charge in [-0.05, 0) is 49.7 Å². The number of aryl methyl sites for hydroxylation is 2. The standard InChI is InChI=1S/C22H20Cl2N2O3S/c1-15-8-11-18(12-9-15)30(28,29)26(17-6-4-3-5-7-17)14-20(27)25-22-19(23)13-10-16(2)21(22)24/h3-13H,14H2,1-2H3,(H,25,27). The van der Waals surface area contributed by atoms with Gasteiger partial charge in [-0.1, -0.05) is 65.2 Å². The number of nitrogens with one attached hydrogen (secondary N) is 1. The molecule has 0 aliphatic carbocycles. The average Bonchev–Trinajstić information content (AvgIpc) is 2.73. The van der Waals surface area contributed by atoms with E-state index >= 15 is 0 Å². The van der Waals surface area contributed by atoms with Crippen molar-refractivity contribution in [3.8, 4) is 0 Å². The quantitative estimate of drug-likeness (QED) is 0.529. The molecule has 0 saturated carbocycles. The smallest absolute Gasteiger partial charge is 0.264 e. The molecule has 3 aromatic carbocycles. The summed E-state index contributed by atoms with van der Waals surface area (Å²) in [6, 6.07) is 18.3. The van der Waals surface area contributed by atoms with Crippen molar-refractivity contribution in [1.82, 2.24) is 0 Å². The minimum absolute atomic E-state index is 0.0939. The zero-order chi connectivity index (χ0) is 21.9. The first-order valence-electron chi connectivity index (χ1n) is 9.09. The maximum atomic E-state index is 13.3. The SMILES string of the molecule is Cc1ccc(S(=O)(=O)N(CC(=O)Nc2c(Cl)ccc(C)c2Cl)c2ccccc2)cc1. The number of carbonyl (C=O) groups excluding carboxylic acids is 1. The maximum Gasteiger partial charge on any atom is 0.264 e. The monoisotopic (exact) mass is 462 g/mol. The van der Waals surface area contributed by atoms with E-state index in [0.29, 0.717) is 10.7 Å². The van der Waals surface area contributed by atoms with Gasteiger partial charge >= 0.3 is 0 Å². The second-order valence-electron chi connectivity index (χ2n) is 6.76. The molecule has 5 nitrogen and oxygen atoms in total. The molecule has 1 N–H and O–H groups in total. The molecule has 0 saturated heterocycles. The molecular formula is C22H20Cl2N2O3S. The lowest BCUT2D eigenvalue weighted by atomic mass is 10.2. The summed E-state index contributed by atoms with van der Waals surface area (Å²) in [7, 11) is -3.98. The fourth-order valence-electron chi connectivity index (χ4n) is 2.83. The zero-order valence-corrected chi connectivity index (χ0v) is 18.7. The molecule has 0 aromatic heterocycles. The van der Waals surface area contributed by atoms with Crippen molar-refractivity contribution in [3.05, 3.63) is 87.9 Å². The molecule has 0 aliphatic rings. The normalized spacial score (nSPS) is 11.2. The van der Waals surface area contributed by atoms with Gasteiger partial charge in [0.2, 0.25) is 5.91 Å². The lowest BCUT2D eigenvalue weighted by molar-refractivity contribution is -0.114. The van der Waals surface area contributed by atoms with Crippen molar-refractivity contribution in [3.63, 3.8) is 0 Å². The Hall–Kier alpha value is -2.54. The number of rotatable bonds is 6. The zero-order valence-electron chi connectivity index (χ0n) is 16.4. The molecule has 0 bridgehead atoms. The Labute approximate surface area is 186 Å². The predicted octanol–water partition coefficient (Wildman–Crippen LogP) is 5.44. The van der Waals surface area contributed by atoms with E-state index in [1.54, 1.807) is 61.5 Å². The van der Waals surface area contributed by atoms with Crippen LogP contribution in [0.2, 0.25) is 10.0 Å². The third-order valence-corrected chi connectivity index (χ3v) is 7.08. The van der Waals surface area contributed by atoms with E-state index in [4.69, 9.17) is 23.2 Å². The van der Waals surface area contributed by atoms with Crippen molar-refractivity contribution in [2.45, 2.75) is 18.7 Å². The fourth-order valence-corrected chi connectivity index (χ4v) is 4.71. The highest BCUT2D eigenvalue weighted by molar-refractivity contribution is 7.92. The minimum atomic E-state index is -3.98. The van der Waals surface area contributed by atoms with Gasteiger partial charge in [-0.3, -0.25) is 9.10 Å². The molecule has 8 heteroatoms. The molecule has 0 aliphatic heterocycles. The second kappa shape index (κ2) is 9.08. The van der Waals surface area contributed by atoms with Gasteiger partial charge in [0.15, 0.2) is 0 Å². The summed E-state index contributed by atoms with van der Waals surface area (Å²) in [6.07, 6.45) is 0. The number of anilines is 2. The highest BCUT2D eigenvalue weighted by atomic mass is 35.5. The van der Waals surface area contributed by atoms with Gasteiger partial charge in [-0.15, -0.1) is 0 Å². The van der Waals surface area contributed by atoms with Crippen LogP contribution in [0.1, 0.15) is 11.1 Å². The van der Waals surface area contributed by atoms with Crippen molar-refractivity contribution in [2.75, 3.05) is 16.2 Å². The van der Waals surface area contributed by atoms with Crippen LogP contribution in [0.3, 0.4) is 0 Å². The van der Waals surface area contributed by atoms with Crippen molar-refractivity contribution in [2.24, 2.45) is 0 Å². The van der Waals surface area contributed by atoms with E-state index in [9.17, 15) is 13.2 Å². The van der Waals surface area contributed by atoms with E-state index < -0.39 is 22.5 Å². The maximum absolute atomic E-state index is 13.3. The molecule has 0 spiro atoms. The van der Waals surface area contributed by atoms with E-state index in [2.05, 4.69) is 5.32 Å². The highest BCUT2D eigenvalue weighted by Gasteiger charge is 2.27. The molecule has 0 radical (unpaired) electrons. The number of nitrogens with zero attached hydrogens (tertiary/aromatic N) is 1. The van der Waals surface area contributed by atoms with Crippen LogP contribution < -0.4 is 9.62 Å². The second-order valence-corrected chi connectivity index (χ2v) is 9.41. The molecule has 3 aromatic rings. The van der Waals surface area contributed by atoms with Gasteiger partial charge in [0, 0.05) is 0 Å². The summed E-state index contributed by atoms with van der Waals surface area (Å²) >= 11 is 12.4. The molecule has 156 valence electrons. The predicted molar refractivity (Wildman–Crippen MR) is 122 cm³/mol. The molecule has 0 atom stereocenters. The highest BCUT2D eigenvalue weighted by Crippen LogP contribution is 2.33. The Kier molecular flexibility index (Phi) is 6.71. The third kappa shape index (κ3) is 4.78. The Balaban J connectivity index is 1.96. The third-order valence-electron chi connectivity index (χ3n) is 4.49. The van der Waals surface area contributed by atoms with Crippen LogP contribution in [0.5, 0.6) is 0 Å². The molecule has 30 heavy (non-hydrogen) atoms. The Bertz CT molecular complexity index is 1160. The van der Waals surface area contributed by atoms with E-state index in [1.807, 2.05) is 6.92 Å². The summed E-state index contributed by atoms with van der Waals surface area (Å²) < 4.78 is 27.7. The van der Waals surface area contributed by atoms with Gasteiger partial charge in [-0.25, -0.2) is 8.42 Å². The van der Waals surface area contributed by atoms with Crippen LogP contribution in [0.25, 0.3) is 0 Å². The first-order chi connectivity index (χ1) is 14.2. The number of benzene rings is 3. The van der Waals surface area contributed by atoms with Gasteiger partial charge in [-0.2, -0.15) is 0 Å². The van der Waals surface area contributed by atoms with E-state index in [-0.39, 0.29) is 15.6 Å². The molecule has 0 unspecified atom stereocenters. The number of hydrogen-bond acceptors (Lipinski definition) is 3. The van der Waals surface area contributed by atoms with Crippen LogP contribution in [0.15, 0.2) is 71.6 Å². The molecule has 3 rings (SSSR count). The summed E-state index contributed by atoms with van der Waals surface area (Å²) in [6.45, 7) is 3.21. The largest absolute Gasteiger partial charge is 0.322 e. The molecule has 0 fully saturated rings. The van der Waals surface area contributed by atoms with Crippen molar-refractivity contribution >= 4 is 50.5 Å². The summed E-state index contributed by atoms with van der Waals surface area (Å²) in [4.78, 5) is 12.9. The van der Waals surface area contributed by atoms with Crippen molar-refractivity contribution in [1.29, 1.82) is 0 Å². The Morgan fingerprint density at radius 3 is 2.20 bits per heavy atom. The molecule has 0 heterocycles.